The Hall–Kier alpha value is -1.06. The quantitative estimate of drug-likeness (QED) is 0.347. The van der Waals surface area contributed by atoms with Crippen molar-refractivity contribution < 1.29 is 9.52 Å². The topological polar surface area (TPSA) is 69.8 Å². The van der Waals surface area contributed by atoms with Gasteiger partial charge in [0.25, 0.3) is 0 Å². The molecule has 5 nitrogen and oxygen atoms in total. The maximum atomic E-state index is 10.4. The van der Waals surface area contributed by atoms with Crippen LogP contribution in [0.1, 0.15) is 24.5 Å². The number of hydrogen-bond acceptors (Lipinski definition) is 4. The van der Waals surface area contributed by atoms with Gasteiger partial charge in [0.2, 0.25) is 0 Å². The van der Waals surface area contributed by atoms with Crippen LogP contribution in [0.5, 0.6) is 0 Å². The first-order chi connectivity index (χ1) is 11.0. The summed E-state index contributed by atoms with van der Waals surface area (Å²) in [6.45, 7) is 5.51. The van der Waals surface area contributed by atoms with Gasteiger partial charge in [0, 0.05) is 18.0 Å². The number of rotatable bonds is 7. The highest BCUT2D eigenvalue weighted by Gasteiger charge is 2.25. The lowest BCUT2D eigenvalue weighted by Crippen LogP contribution is -2.39. The Morgan fingerprint density at radius 3 is 2.83 bits per heavy atom. The number of thiophene rings is 1. The molecular weight excluding hydrogens is 425 g/mol. The largest absolute Gasteiger partial charge is 0.466 e. The van der Waals surface area contributed by atoms with Crippen molar-refractivity contribution in [2.75, 3.05) is 19.6 Å². The average Bonchev–Trinajstić information content (AvgIpc) is 3.17. The van der Waals surface area contributed by atoms with Crippen LogP contribution in [0.2, 0.25) is 0 Å². The lowest BCUT2D eigenvalue weighted by Gasteiger charge is -2.19. The van der Waals surface area contributed by atoms with E-state index < -0.39 is 5.60 Å². The van der Waals surface area contributed by atoms with E-state index in [1.807, 2.05) is 6.92 Å². The average molecular weight is 447 g/mol. The monoisotopic (exact) mass is 447 g/mol. The van der Waals surface area contributed by atoms with Crippen LogP contribution < -0.4 is 10.6 Å². The molecule has 0 aliphatic rings. The van der Waals surface area contributed by atoms with E-state index in [0.29, 0.717) is 11.7 Å². The number of nitrogens with one attached hydrogen (secondary N) is 2. The Morgan fingerprint density at radius 1 is 1.39 bits per heavy atom. The second kappa shape index (κ2) is 8.70. The molecule has 0 saturated heterocycles. The summed E-state index contributed by atoms with van der Waals surface area (Å²) in [5.74, 6) is 1.22. The fraction of sp³-hybridized carbons (Fsp3) is 0.438. The van der Waals surface area contributed by atoms with E-state index in [1.54, 1.807) is 36.7 Å². The molecule has 0 amide bonds. The molecular formula is C16H22IN3O2S. The molecule has 0 saturated carbocycles. The zero-order valence-corrected chi connectivity index (χ0v) is 16.3. The molecule has 0 spiro atoms. The molecule has 0 aliphatic carbocycles. The van der Waals surface area contributed by atoms with E-state index in [2.05, 4.69) is 50.3 Å². The van der Waals surface area contributed by atoms with Gasteiger partial charge in [-0.2, -0.15) is 0 Å². The summed E-state index contributed by atoms with van der Waals surface area (Å²) in [7, 11) is 0. The molecule has 2 aromatic heterocycles. The van der Waals surface area contributed by atoms with Crippen LogP contribution in [0.15, 0.2) is 39.9 Å². The Kier molecular flexibility index (Phi) is 6.91. The van der Waals surface area contributed by atoms with Crippen molar-refractivity contribution >= 4 is 39.9 Å². The van der Waals surface area contributed by atoms with Crippen molar-refractivity contribution in [3.63, 3.8) is 0 Å². The SMILES string of the molecule is CCNC(=NCC(C)(O)c1ccco1)NCCc1ccc(I)s1. The van der Waals surface area contributed by atoms with Gasteiger partial charge >= 0.3 is 0 Å². The third kappa shape index (κ3) is 5.82. The van der Waals surface area contributed by atoms with Crippen molar-refractivity contribution in [3.8, 4) is 0 Å². The molecule has 2 rings (SSSR count). The summed E-state index contributed by atoms with van der Waals surface area (Å²) in [5.41, 5.74) is -1.12. The predicted molar refractivity (Wildman–Crippen MR) is 103 cm³/mol. The summed E-state index contributed by atoms with van der Waals surface area (Å²) in [4.78, 5) is 5.81. The first-order valence-electron chi connectivity index (χ1n) is 7.54. The highest BCUT2D eigenvalue weighted by atomic mass is 127. The first kappa shape index (κ1) is 18.3. The Balaban J connectivity index is 1.89. The van der Waals surface area contributed by atoms with Crippen LogP contribution in [0, 0.1) is 2.88 Å². The summed E-state index contributed by atoms with van der Waals surface area (Å²) in [5, 5.41) is 16.9. The number of hydrogen-bond donors (Lipinski definition) is 3. The van der Waals surface area contributed by atoms with E-state index in [-0.39, 0.29) is 6.54 Å². The zero-order chi connectivity index (χ0) is 16.7. The van der Waals surface area contributed by atoms with E-state index in [0.717, 1.165) is 19.5 Å². The summed E-state index contributed by atoms with van der Waals surface area (Å²) in [6.07, 6.45) is 2.51. The molecule has 126 valence electrons. The molecule has 1 atom stereocenters. The third-order valence-corrected chi connectivity index (χ3v) is 5.19. The second-order valence-corrected chi connectivity index (χ2v) is 8.39. The highest BCUT2D eigenvalue weighted by Crippen LogP contribution is 2.21. The van der Waals surface area contributed by atoms with E-state index in [4.69, 9.17) is 4.42 Å². The minimum absolute atomic E-state index is 0.229. The fourth-order valence-corrected chi connectivity index (χ4v) is 3.78. The van der Waals surface area contributed by atoms with Gasteiger partial charge in [0.1, 0.15) is 11.4 Å². The van der Waals surface area contributed by atoms with Gasteiger partial charge in [-0.3, -0.25) is 0 Å². The minimum Gasteiger partial charge on any atom is -0.466 e. The zero-order valence-electron chi connectivity index (χ0n) is 13.3. The molecule has 0 radical (unpaired) electrons. The van der Waals surface area contributed by atoms with Gasteiger partial charge in [-0.15, -0.1) is 11.3 Å². The molecule has 7 heteroatoms. The minimum atomic E-state index is -1.12. The lowest BCUT2D eigenvalue weighted by molar-refractivity contribution is 0.0437. The van der Waals surface area contributed by atoms with Crippen LogP contribution in [-0.2, 0) is 12.0 Å². The molecule has 1 unspecified atom stereocenters. The van der Waals surface area contributed by atoms with Crippen LogP contribution in [0.4, 0.5) is 0 Å². The smallest absolute Gasteiger partial charge is 0.191 e. The summed E-state index contributed by atoms with van der Waals surface area (Å²) in [6, 6.07) is 7.80. The van der Waals surface area contributed by atoms with Crippen LogP contribution >= 0.6 is 33.9 Å². The number of aliphatic imine (C=N–C) groups is 1. The lowest BCUT2D eigenvalue weighted by atomic mass is 10.0. The van der Waals surface area contributed by atoms with Crippen LogP contribution in [0.25, 0.3) is 0 Å². The normalized spacial score (nSPS) is 14.5. The van der Waals surface area contributed by atoms with Gasteiger partial charge in [-0.25, -0.2) is 4.99 Å². The standard InChI is InChI=1S/C16H22IN3O2S/c1-3-18-15(19-9-8-12-6-7-14(17)23-12)20-11-16(2,21)13-5-4-10-22-13/h4-7,10,21H,3,8-9,11H2,1-2H3,(H2,18,19,20). The maximum absolute atomic E-state index is 10.4. The van der Waals surface area contributed by atoms with Gasteiger partial charge < -0.3 is 20.2 Å². The van der Waals surface area contributed by atoms with Crippen molar-refractivity contribution in [1.29, 1.82) is 0 Å². The number of nitrogens with zero attached hydrogens (tertiary/aromatic N) is 1. The van der Waals surface area contributed by atoms with E-state index in [9.17, 15) is 5.11 Å². The van der Waals surface area contributed by atoms with Crippen LogP contribution in [0.3, 0.4) is 0 Å². The molecule has 2 aromatic rings. The van der Waals surface area contributed by atoms with Crippen molar-refractivity contribution in [2.24, 2.45) is 4.99 Å². The fourth-order valence-electron chi connectivity index (χ4n) is 2.03. The number of guanidine groups is 1. The van der Waals surface area contributed by atoms with E-state index in [1.165, 1.54) is 7.76 Å². The Morgan fingerprint density at radius 2 is 2.22 bits per heavy atom. The van der Waals surface area contributed by atoms with E-state index >= 15 is 0 Å². The van der Waals surface area contributed by atoms with Crippen molar-refractivity contribution in [3.05, 3.63) is 44.0 Å². The third-order valence-electron chi connectivity index (χ3n) is 3.23. The Bertz CT molecular complexity index is 623. The summed E-state index contributed by atoms with van der Waals surface area (Å²) >= 11 is 4.13. The van der Waals surface area contributed by atoms with Crippen molar-refractivity contribution in [1.82, 2.24) is 10.6 Å². The number of furan rings is 1. The molecule has 0 aliphatic heterocycles. The number of halogens is 1. The molecule has 3 N–H and O–H groups in total. The summed E-state index contributed by atoms with van der Waals surface area (Å²) < 4.78 is 6.57. The van der Waals surface area contributed by atoms with Crippen molar-refractivity contribution in [2.45, 2.75) is 25.9 Å². The molecule has 0 aromatic carbocycles. The van der Waals surface area contributed by atoms with Gasteiger partial charge in [-0.05, 0) is 67.1 Å². The second-order valence-electron chi connectivity index (χ2n) is 5.33. The molecule has 2 heterocycles. The van der Waals surface area contributed by atoms with Gasteiger partial charge in [0.15, 0.2) is 5.96 Å². The predicted octanol–water partition coefficient (Wildman–Crippen LogP) is 2.95. The Labute approximate surface area is 154 Å². The van der Waals surface area contributed by atoms with Gasteiger partial charge in [-0.1, -0.05) is 0 Å². The molecule has 0 bridgehead atoms. The van der Waals surface area contributed by atoms with Gasteiger partial charge in [0.05, 0.1) is 15.7 Å². The number of aliphatic hydroxyl groups is 1. The molecule has 23 heavy (non-hydrogen) atoms. The maximum Gasteiger partial charge on any atom is 0.191 e. The highest BCUT2D eigenvalue weighted by molar-refractivity contribution is 14.1. The molecule has 0 fully saturated rings. The van der Waals surface area contributed by atoms with Crippen LogP contribution in [-0.4, -0.2) is 30.7 Å². The first-order valence-corrected chi connectivity index (χ1v) is 9.43.